The fourth-order valence-electron chi connectivity index (χ4n) is 3.20. The Balaban J connectivity index is 1.79. The number of rotatable bonds is 5. The van der Waals surface area contributed by atoms with Gasteiger partial charge in [-0.05, 0) is 36.2 Å². The molecule has 0 spiro atoms. The van der Waals surface area contributed by atoms with E-state index in [-0.39, 0.29) is 11.9 Å². The lowest BCUT2D eigenvalue weighted by atomic mass is 10.0. The molecule has 0 radical (unpaired) electrons. The number of morpholine rings is 1. The average molecular weight is 340 g/mol. The fourth-order valence-corrected chi connectivity index (χ4v) is 3.20. The number of aromatic nitrogens is 2. The topological polar surface area (TPSA) is 58.6 Å². The van der Waals surface area contributed by atoms with Crippen molar-refractivity contribution < 1.29 is 9.53 Å². The van der Waals surface area contributed by atoms with Crippen LogP contribution in [0.4, 0.5) is 5.69 Å². The molecular weight excluding hydrogens is 316 g/mol. The Labute approximate surface area is 148 Å². The van der Waals surface area contributed by atoms with Gasteiger partial charge in [-0.25, -0.2) is 0 Å². The van der Waals surface area contributed by atoms with Crippen molar-refractivity contribution >= 4 is 11.6 Å². The highest BCUT2D eigenvalue weighted by Crippen LogP contribution is 2.24. The first kappa shape index (κ1) is 17.4. The van der Waals surface area contributed by atoms with Crippen LogP contribution >= 0.6 is 0 Å². The van der Waals surface area contributed by atoms with E-state index in [1.54, 1.807) is 23.5 Å². The fraction of sp³-hybridized carbons (Fsp3) is 0.421. The SMILES string of the molecule is CC[C@H](c1ccncc1)N(C)C(=O)c1cc(N2CCOCC2)ccn1. The first-order valence-electron chi connectivity index (χ1n) is 8.66. The summed E-state index contributed by atoms with van der Waals surface area (Å²) in [6.07, 6.45) is 6.05. The molecule has 0 saturated carbocycles. The van der Waals surface area contributed by atoms with Gasteiger partial charge in [0, 0.05) is 44.4 Å². The van der Waals surface area contributed by atoms with Gasteiger partial charge in [0.15, 0.2) is 0 Å². The molecule has 6 heteroatoms. The number of pyridine rings is 2. The number of nitrogens with zero attached hydrogens (tertiary/aromatic N) is 4. The highest BCUT2D eigenvalue weighted by atomic mass is 16.5. The van der Waals surface area contributed by atoms with Crippen molar-refractivity contribution in [1.29, 1.82) is 0 Å². The molecule has 2 aromatic heterocycles. The average Bonchev–Trinajstić information content (AvgIpc) is 2.69. The van der Waals surface area contributed by atoms with E-state index in [9.17, 15) is 4.79 Å². The summed E-state index contributed by atoms with van der Waals surface area (Å²) in [4.78, 5) is 25.3. The Morgan fingerprint density at radius 2 is 1.96 bits per heavy atom. The van der Waals surface area contributed by atoms with Gasteiger partial charge in [-0.2, -0.15) is 0 Å². The second-order valence-electron chi connectivity index (χ2n) is 6.12. The molecule has 0 aromatic carbocycles. The molecule has 0 aliphatic carbocycles. The summed E-state index contributed by atoms with van der Waals surface area (Å²) in [7, 11) is 1.83. The van der Waals surface area contributed by atoms with E-state index in [1.165, 1.54) is 0 Å². The second-order valence-corrected chi connectivity index (χ2v) is 6.12. The summed E-state index contributed by atoms with van der Waals surface area (Å²) in [5, 5.41) is 0. The molecule has 3 heterocycles. The number of amides is 1. The van der Waals surface area contributed by atoms with E-state index in [0.717, 1.165) is 30.8 Å². The zero-order chi connectivity index (χ0) is 17.6. The quantitative estimate of drug-likeness (QED) is 0.837. The lowest BCUT2D eigenvalue weighted by molar-refractivity contribution is 0.0720. The summed E-state index contributed by atoms with van der Waals surface area (Å²) in [5.74, 6) is -0.0706. The Hall–Kier alpha value is -2.47. The number of ether oxygens (including phenoxy) is 1. The van der Waals surface area contributed by atoms with Crippen molar-refractivity contribution in [3.8, 4) is 0 Å². The van der Waals surface area contributed by atoms with Gasteiger partial charge in [0.1, 0.15) is 5.69 Å². The molecule has 0 unspecified atom stereocenters. The highest BCUT2D eigenvalue weighted by molar-refractivity contribution is 5.93. The normalized spacial score (nSPS) is 15.7. The lowest BCUT2D eigenvalue weighted by Crippen LogP contribution is -2.36. The zero-order valence-electron chi connectivity index (χ0n) is 14.8. The molecule has 132 valence electrons. The van der Waals surface area contributed by atoms with Gasteiger partial charge in [-0.1, -0.05) is 6.92 Å². The van der Waals surface area contributed by atoms with Gasteiger partial charge in [-0.15, -0.1) is 0 Å². The van der Waals surface area contributed by atoms with E-state index in [1.807, 2.05) is 31.3 Å². The zero-order valence-corrected chi connectivity index (χ0v) is 14.8. The van der Waals surface area contributed by atoms with Gasteiger partial charge in [0.05, 0.1) is 19.3 Å². The Morgan fingerprint density at radius 1 is 1.24 bits per heavy atom. The van der Waals surface area contributed by atoms with E-state index in [4.69, 9.17) is 4.74 Å². The third kappa shape index (κ3) is 3.96. The third-order valence-electron chi connectivity index (χ3n) is 4.60. The molecule has 25 heavy (non-hydrogen) atoms. The molecule has 1 saturated heterocycles. The molecule has 1 aliphatic rings. The predicted octanol–water partition coefficient (Wildman–Crippen LogP) is 2.54. The summed E-state index contributed by atoms with van der Waals surface area (Å²) < 4.78 is 5.39. The summed E-state index contributed by atoms with van der Waals surface area (Å²) >= 11 is 0. The summed E-state index contributed by atoms with van der Waals surface area (Å²) in [6.45, 7) is 5.17. The maximum atomic E-state index is 13.0. The second kappa shape index (κ2) is 8.07. The maximum Gasteiger partial charge on any atom is 0.272 e. The molecular formula is C19H24N4O2. The van der Waals surface area contributed by atoms with Crippen LogP contribution in [0.5, 0.6) is 0 Å². The van der Waals surface area contributed by atoms with Crippen LogP contribution in [-0.2, 0) is 4.74 Å². The largest absolute Gasteiger partial charge is 0.378 e. The first-order valence-corrected chi connectivity index (χ1v) is 8.66. The Kier molecular flexibility index (Phi) is 5.60. The molecule has 1 atom stereocenters. The first-order chi connectivity index (χ1) is 12.2. The minimum atomic E-state index is -0.0706. The number of carbonyl (C=O) groups is 1. The van der Waals surface area contributed by atoms with Gasteiger partial charge in [0.25, 0.3) is 5.91 Å². The van der Waals surface area contributed by atoms with Crippen molar-refractivity contribution in [1.82, 2.24) is 14.9 Å². The number of carbonyl (C=O) groups excluding carboxylic acids is 1. The van der Waals surface area contributed by atoms with E-state index < -0.39 is 0 Å². The molecule has 1 aliphatic heterocycles. The van der Waals surface area contributed by atoms with Gasteiger partial charge in [0.2, 0.25) is 0 Å². The van der Waals surface area contributed by atoms with Crippen molar-refractivity contribution in [2.24, 2.45) is 0 Å². The van der Waals surface area contributed by atoms with Crippen molar-refractivity contribution in [3.05, 3.63) is 54.1 Å². The van der Waals surface area contributed by atoms with Crippen LogP contribution in [0.3, 0.4) is 0 Å². The highest BCUT2D eigenvalue weighted by Gasteiger charge is 2.23. The number of anilines is 1. The number of hydrogen-bond acceptors (Lipinski definition) is 5. The van der Waals surface area contributed by atoms with E-state index in [0.29, 0.717) is 18.9 Å². The summed E-state index contributed by atoms with van der Waals surface area (Å²) in [6, 6.07) is 7.74. The van der Waals surface area contributed by atoms with Crippen LogP contribution in [0.15, 0.2) is 42.9 Å². The van der Waals surface area contributed by atoms with Crippen LogP contribution in [0.2, 0.25) is 0 Å². The number of hydrogen-bond donors (Lipinski definition) is 0. The van der Waals surface area contributed by atoms with Gasteiger partial charge in [-0.3, -0.25) is 14.8 Å². The van der Waals surface area contributed by atoms with Gasteiger partial charge >= 0.3 is 0 Å². The van der Waals surface area contributed by atoms with Crippen molar-refractivity contribution in [3.63, 3.8) is 0 Å². The molecule has 1 amide bonds. The molecule has 2 aromatic rings. The molecule has 0 N–H and O–H groups in total. The Bertz CT molecular complexity index is 702. The van der Waals surface area contributed by atoms with Crippen LogP contribution in [0.1, 0.15) is 35.4 Å². The standard InChI is InChI=1S/C19H24N4O2/c1-3-18(15-4-7-20-8-5-15)22(2)19(24)17-14-16(6-9-21-17)23-10-12-25-13-11-23/h4-9,14,18H,3,10-13H2,1-2H3/t18-/m1/s1. The smallest absolute Gasteiger partial charge is 0.272 e. The third-order valence-corrected chi connectivity index (χ3v) is 4.60. The predicted molar refractivity (Wildman–Crippen MR) is 96.6 cm³/mol. The molecule has 1 fully saturated rings. The van der Waals surface area contributed by atoms with Gasteiger partial charge < -0.3 is 14.5 Å². The maximum absolute atomic E-state index is 13.0. The van der Waals surface area contributed by atoms with E-state index >= 15 is 0 Å². The van der Waals surface area contributed by atoms with Crippen molar-refractivity contribution in [2.45, 2.75) is 19.4 Å². The minimum Gasteiger partial charge on any atom is -0.378 e. The molecule has 6 nitrogen and oxygen atoms in total. The molecule has 3 rings (SSSR count). The van der Waals surface area contributed by atoms with Crippen LogP contribution in [0, 0.1) is 0 Å². The van der Waals surface area contributed by atoms with Crippen LogP contribution in [0.25, 0.3) is 0 Å². The summed E-state index contributed by atoms with van der Waals surface area (Å²) in [5.41, 5.74) is 2.57. The van der Waals surface area contributed by atoms with Crippen molar-refractivity contribution in [2.75, 3.05) is 38.3 Å². The van der Waals surface area contributed by atoms with Crippen LogP contribution < -0.4 is 4.90 Å². The Morgan fingerprint density at radius 3 is 2.64 bits per heavy atom. The lowest BCUT2D eigenvalue weighted by Gasteiger charge is -2.30. The van der Waals surface area contributed by atoms with Crippen LogP contribution in [-0.4, -0.2) is 54.1 Å². The minimum absolute atomic E-state index is 0.00402. The molecule has 0 bridgehead atoms. The monoisotopic (exact) mass is 340 g/mol. The van der Waals surface area contributed by atoms with E-state index in [2.05, 4.69) is 21.8 Å².